The maximum atomic E-state index is 4.75. The SMILES string of the molecule is CC(C)n1ccc(CC(CNC(C)(C)C)C2CCCC2)n1. The Kier molecular flexibility index (Phi) is 5.48. The van der Waals surface area contributed by atoms with Gasteiger partial charge in [-0.15, -0.1) is 0 Å². The van der Waals surface area contributed by atoms with Crippen LogP contribution in [0.1, 0.15) is 72.0 Å². The average molecular weight is 291 g/mol. The van der Waals surface area contributed by atoms with E-state index in [9.17, 15) is 0 Å². The van der Waals surface area contributed by atoms with Crippen LogP contribution >= 0.6 is 0 Å². The molecule has 1 heterocycles. The van der Waals surface area contributed by atoms with Crippen molar-refractivity contribution < 1.29 is 0 Å². The highest BCUT2D eigenvalue weighted by Crippen LogP contribution is 2.33. The number of nitrogens with zero attached hydrogens (tertiary/aromatic N) is 2. The van der Waals surface area contributed by atoms with Crippen LogP contribution in [0.5, 0.6) is 0 Å². The summed E-state index contributed by atoms with van der Waals surface area (Å²) >= 11 is 0. The standard InChI is InChI=1S/C18H33N3/c1-14(2)21-11-10-17(20-21)12-16(13-19-18(3,4)5)15-8-6-7-9-15/h10-11,14-16,19H,6-9,12-13H2,1-5H3. The molecule has 1 saturated carbocycles. The third-order valence-corrected chi connectivity index (χ3v) is 4.63. The Morgan fingerprint density at radius 1 is 1.29 bits per heavy atom. The van der Waals surface area contributed by atoms with Gasteiger partial charge in [0.2, 0.25) is 0 Å². The summed E-state index contributed by atoms with van der Waals surface area (Å²) in [6, 6.07) is 2.66. The number of hydrogen-bond donors (Lipinski definition) is 1. The van der Waals surface area contributed by atoms with Crippen molar-refractivity contribution in [2.24, 2.45) is 11.8 Å². The zero-order valence-electron chi connectivity index (χ0n) is 14.5. The van der Waals surface area contributed by atoms with Gasteiger partial charge in [-0.3, -0.25) is 4.68 Å². The molecule has 1 N–H and O–H groups in total. The second kappa shape index (κ2) is 6.95. The van der Waals surface area contributed by atoms with Crippen LogP contribution in [0.3, 0.4) is 0 Å². The molecule has 21 heavy (non-hydrogen) atoms. The van der Waals surface area contributed by atoms with E-state index in [4.69, 9.17) is 5.10 Å². The monoisotopic (exact) mass is 291 g/mol. The van der Waals surface area contributed by atoms with Gasteiger partial charge in [0.25, 0.3) is 0 Å². The van der Waals surface area contributed by atoms with Crippen LogP contribution in [-0.4, -0.2) is 21.9 Å². The first-order chi connectivity index (χ1) is 9.85. The molecule has 0 bridgehead atoms. The van der Waals surface area contributed by atoms with E-state index in [1.807, 2.05) is 0 Å². The topological polar surface area (TPSA) is 29.9 Å². The fraction of sp³-hybridized carbons (Fsp3) is 0.833. The molecule has 1 unspecified atom stereocenters. The van der Waals surface area contributed by atoms with Crippen LogP contribution in [0.15, 0.2) is 12.3 Å². The average Bonchev–Trinajstić information content (AvgIpc) is 3.04. The smallest absolute Gasteiger partial charge is 0.0628 e. The predicted octanol–water partition coefficient (Wildman–Crippen LogP) is 4.20. The van der Waals surface area contributed by atoms with Gasteiger partial charge < -0.3 is 5.32 Å². The zero-order chi connectivity index (χ0) is 15.5. The molecule has 2 rings (SSSR count). The van der Waals surface area contributed by atoms with Gasteiger partial charge in [-0.25, -0.2) is 0 Å². The third kappa shape index (κ3) is 5.14. The summed E-state index contributed by atoms with van der Waals surface area (Å²) in [6.45, 7) is 12.3. The molecular weight excluding hydrogens is 258 g/mol. The van der Waals surface area contributed by atoms with Crippen molar-refractivity contribution in [3.63, 3.8) is 0 Å². The molecule has 0 aromatic carbocycles. The predicted molar refractivity (Wildman–Crippen MR) is 89.5 cm³/mol. The van der Waals surface area contributed by atoms with Crippen molar-refractivity contribution in [2.75, 3.05) is 6.54 Å². The Hall–Kier alpha value is -0.830. The van der Waals surface area contributed by atoms with Crippen molar-refractivity contribution in [1.82, 2.24) is 15.1 Å². The molecule has 0 aliphatic heterocycles. The molecule has 1 aromatic rings. The molecule has 0 spiro atoms. The molecule has 3 nitrogen and oxygen atoms in total. The highest BCUT2D eigenvalue weighted by atomic mass is 15.3. The summed E-state index contributed by atoms with van der Waals surface area (Å²) in [5.41, 5.74) is 1.46. The first-order valence-corrected chi connectivity index (χ1v) is 8.64. The number of nitrogens with one attached hydrogen (secondary N) is 1. The van der Waals surface area contributed by atoms with Crippen LogP contribution in [0.2, 0.25) is 0 Å². The van der Waals surface area contributed by atoms with E-state index in [-0.39, 0.29) is 5.54 Å². The Morgan fingerprint density at radius 3 is 2.48 bits per heavy atom. The minimum Gasteiger partial charge on any atom is -0.312 e. The van der Waals surface area contributed by atoms with Crippen molar-refractivity contribution in [2.45, 2.75) is 78.3 Å². The first-order valence-electron chi connectivity index (χ1n) is 8.64. The zero-order valence-corrected chi connectivity index (χ0v) is 14.5. The molecule has 1 fully saturated rings. The summed E-state index contributed by atoms with van der Waals surface area (Å²) in [4.78, 5) is 0. The van der Waals surface area contributed by atoms with E-state index in [1.54, 1.807) is 0 Å². The molecular formula is C18H33N3. The van der Waals surface area contributed by atoms with Gasteiger partial charge in [0.05, 0.1) is 5.69 Å². The molecule has 0 saturated heterocycles. The van der Waals surface area contributed by atoms with Crippen molar-refractivity contribution in [3.8, 4) is 0 Å². The van der Waals surface area contributed by atoms with Gasteiger partial charge >= 0.3 is 0 Å². The molecule has 0 amide bonds. The first kappa shape index (κ1) is 16.5. The minimum absolute atomic E-state index is 0.203. The molecule has 3 heteroatoms. The summed E-state index contributed by atoms with van der Waals surface area (Å²) in [7, 11) is 0. The Morgan fingerprint density at radius 2 is 1.95 bits per heavy atom. The normalized spacial score (nSPS) is 18.6. The van der Waals surface area contributed by atoms with E-state index >= 15 is 0 Å². The molecule has 1 aliphatic carbocycles. The van der Waals surface area contributed by atoms with Crippen LogP contribution in [-0.2, 0) is 6.42 Å². The molecule has 120 valence electrons. The molecule has 0 radical (unpaired) electrons. The Labute approximate surface area is 130 Å². The van der Waals surface area contributed by atoms with E-state index in [1.165, 1.54) is 31.4 Å². The van der Waals surface area contributed by atoms with Gasteiger partial charge in [-0.05, 0) is 65.5 Å². The van der Waals surface area contributed by atoms with Crippen molar-refractivity contribution >= 4 is 0 Å². The second-order valence-electron chi connectivity index (χ2n) is 8.02. The fourth-order valence-electron chi connectivity index (χ4n) is 3.31. The number of rotatable bonds is 6. The van der Waals surface area contributed by atoms with E-state index in [2.05, 4.69) is 56.9 Å². The van der Waals surface area contributed by atoms with E-state index < -0.39 is 0 Å². The van der Waals surface area contributed by atoms with Crippen LogP contribution < -0.4 is 5.32 Å². The van der Waals surface area contributed by atoms with Gasteiger partial charge in [0.15, 0.2) is 0 Å². The lowest BCUT2D eigenvalue weighted by Gasteiger charge is -2.28. The van der Waals surface area contributed by atoms with E-state index in [0.717, 1.165) is 24.8 Å². The van der Waals surface area contributed by atoms with Gasteiger partial charge in [-0.1, -0.05) is 25.7 Å². The quantitative estimate of drug-likeness (QED) is 0.851. The Balaban J connectivity index is 2.00. The largest absolute Gasteiger partial charge is 0.312 e. The van der Waals surface area contributed by atoms with Crippen molar-refractivity contribution in [1.29, 1.82) is 0 Å². The number of hydrogen-bond acceptors (Lipinski definition) is 2. The lowest BCUT2D eigenvalue weighted by molar-refractivity contribution is 0.284. The van der Waals surface area contributed by atoms with Gasteiger partial charge in [0, 0.05) is 17.8 Å². The number of aromatic nitrogens is 2. The summed E-state index contributed by atoms with van der Waals surface area (Å²) in [5, 5.41) is 8.47. The minimum atomic E-state index is 0.203. The highest BCUT2D eigenvalue weighted by Gasteiger charge is 2.27. The van der Waals surface area contributed by atoms with Crippen LogP contribution in [0, 0.1) is 11.8 Å². The highest BCUT2D eigenvalue weighted by molar-refractivity contribution is 5.02. The van der Waals surface area contributed by atoms with E-state index in [0.29, 0.717) is 6.04 Å². The maximum Gasteiger partial charge on any atom is 0.0628 e. The molecule has 1 atom stereocenters. The van der Waals surface area contributed by atoms with Gasteiger partial charge in [-0.2, -0.15) is 5.10 Å². The summed E-state index contributed by atoms with van der Waals surface area (Å²) < 4.78 is 2.08. The molecule has 1 aromatic heterocycles. The molecule has 1 aliphatic rings. The van der Waals surface area contributed by atoms with Crippen LogP contribution in [0.4, 0.5) is 0 Å². The Bertz CT molecular complexity index is 422. The third-order valence-electron chi connectivity index (χ3n) is 4.63. The van der Waals surface area contributed by atoms with Crippen LogP contribution in [0.25, 0.3) is 0 Å². The lowest BCUT2D eigenvalue weighted by Crippen LogP contribution is -2.41. The summed E-state index contributed by atoms with van der Waals surface area (Å²) in [5.74, 6) is 1.60. The van der Waals surface area contributed by atoms with Gasteiger partial charge in [0.1, 0.15) is 0 Å². The summed E-state index contributed by atoms with van der Waals surface area (Å²) in [6.07, 6.45) is 8.88. The van der Waals surface area contributed by atoms with Crippen molar-refractivity contribution in [3.05, 3.63) is 18.0 Å². The lowest BCUT2D eigenvalue weighted by atomic mass is 9.86. The fourth-order valence-corrected chi connectivity index (χ4v) is 3.31. The second-order valence-corrected chi connectivity index (χ2v) is 8.02. The maximum absolute atomic E-state index is 4.75.